The van der Waals surface area contributed by atoms with Crippen molar-refractivity contribution in [1.82, 2.24) is 0 Å². The molecule has 0 saturated carbocycles. The molecule has 0 aliphatic heterocycles. The lowest BCUT2D eigenvalue weighted by molar-refractivity contribution is 0.212. The van der Waals surface area contributed by atoms with Gasteiger partial charge < -0.3 is 15.2 Å². The Labute approximate surface area is 118 Å². The van der Waals surface area contributed by atoms with E-state index in [9.17, 15) is 4.39 Å². The van der Waals surface area contributed by atoms with Gasteiger partial charge in [0.05, 0.1) is 7.11 Å². The smallest absolute Gasteiger partial charge is 0.136 e. The van der Waals surface area contributed by atoms with Gasteiger partial charge in [-0.05, 0) is 48.4 Å². The first kappa shape index (κ1) is 14.3. The van der Waals surface area contributed by atoms with Gasteiger partial charge in [-0.15, -0.1) is 0 Å². The first-order valence-corrected chi connectivity index (χ1v) is 6.41. The topological polar surface area (TPSA) is 44.5 Å². The molecule has 0 bridgehead atoms. The van der Waals surface area contributed by atoms with E-state index in [0.29, 0.717) is 12.3 Å². The quantitative estimate of drug-likeness (QED) is 0.911. The van der Waals surface area contributed by atoms with Gasteiger partial charge in [0.2, 0.25) is 0 Å². The van der Waals surface area contributed by atoms with Crippen LogP contribution in [0.2, 0.25) is 0 Å². The molecule has 0 amide bonds. The average Bonchev–Trinajstić information content (AvgIpc) is 2.46. The van der Waals surface area contributed by atoms with Crippen molar-refractivity contribution >= 4 is 0 Å². The van der Waals surface area contributed by atoms with Gasteiger partial charge in [-0.3, -0.25) is 0 Å². The lowest BCUT2D eigenvalue weighted by Gasteiger charge is -2.19. The molecule has 2 aromatic carbocycles. The summed E-state index contributed by atoms with van der Waals surface area (Å²) in [7, 11) is 1.61. The fourth-order valence-electron chi connectivity index (χ4n) is 1.99. The van der Waals surface area contributed by atoms with Crippen LogP contribution in [0.3, 0.4) is 0 Å². The standard InChI is InChI=1S/C16H18FNO2/c1-11-8-13(17)6-7-15(11)20-16(10-18)12-4-3-5-14(9-12)19-2/h3-9,16H,10,18H2,1-2H3. The predicted octanol–water partition coefficient (Wildman–Crippen LogP) is 3.22. The Kier molecular flexibility index (Phi) is 4.58. The molecule has 20 heavy (non-hydrogen) atoms. The molecule has 0 aromatic heterocycles. The summed E-state index contributed by atoms with van der Waals surface area (Å²) >= 11 is 0. The van der Waals surface area contributed by atoms with Crippen LogP contribution in [0.25, 0.3) is 0 Å². The second-order valence-corrected chi connectivity index (χ2v) is 4.53. The minimum Gasteiger partial charge on any atom is -0.497 e. The zero-order valence-electron chi connectivity index (χ0n) is 11.6. The van der Waals surface area contributed by atoms with Crippen molar-refractivity contribution in [2.75, 3.05) is 13.7 Å². The number of ether oxygens (including phenoxy) is 2. The molecular formula is C16H18FNO2. The number of hydrogen-bond acceptors (Lipinski definition) is 3. The number of aryl methyl sites for hydroxylation is 1. The minimum absolute atomic E-state index is 0.277. The Hall–Kier alpha value is -2.07. The van der Waals surface area contributed by atoms with Crippen LogP contribution in [-0.4, -0.2) is 13.7 Å². The highest BCUT2D eigenvalue weighted by molar-refractivity contribution is 5.35. The number of rotatable bonds is 5. The summed E-state index contributed by atoms with van der Waals surface area (Å²) in [6, 6.07) is 12.0. The third-order valence-electron chi connectivity index (χ3n) is 3.09. The van der Waals surface area contributed by atoms with Crippen LogP contribution in [-0.2, 0) is 0 Å². The van der Waals surface area contributed by atoms with Gasteiger partial charge in [0.25, 0.3) is 0 Å². The van der Waals surface area contributed by atoms with Crippen LogP contribution in [0.15, 0.2) is 42.5 Å². The summed E-state index contributed by atoms with van der Waals surface area (Å²) in [6.07, 6.45) is -0.297. The number of hydrogen-bond donors (Lipinski definition) is 1. The van der Waals surface area contributed by atoms with Gasteiger partial charge in [-0.2, -0.15) is 0 Å². The number of nitrogens with two attached hydrogens (primary N) is 1. The van der Waals surface area contributed by atoms with Gasteiger partial charge in [-0.25, -0.2) is 4.39 Å². The monoisotopic (exact) mass is 275 g/mol. The molecule has 0 fully saturated rings. The van der Waals surface area contributed by atoms with E-state index in [-0.39, 0.29) is 11.9 Å². The van der Waals surface area contributed by atoms with Crippen molar-refractivity contribution in [2.24, 2.45) is 5.73 Å². The summed E-state index contributed by atoms with van der Waals surface area (Å²) < 4.78 is 24.2. The number of methoxy groups -OCH3 is 1. The van der Waals surface area contributed by atoms with Crippen molar-refractivity contribution in [3.63, 3.8) is 0 Å². The van der Waals surface area contributed by atoms with E-state index in [1.165, 1.54) is 12.1 Å². The lowest BCUT2D eigenvalue weighted by Crippen LogP contribution is -2.18. The Balaban J connectivity index is 2.23. The van der Waals surface area contributed by atoms with Crippen molar-refractivity contribution < 1.29 is 13.9 Å². The molecule has 0 saturated heterocycles. The Morgan fingerprint density at radius 1 is 1.20 bits per heavy atom. The molecule has 0 heterocycles. The van der Waals surface area contributed by atoms with Gasteiger partial charge in [0.15, 0.2) is 0 Å². The second-order valence-electron chi connectivity index (χ2n) is 4.53. The molecule has 106 valence electrons. The summed E-state index contributed by atoms with van der Waals surface area (Å²) in [5.41, 5.74) is 7.45. The maximum atomic E-state index is 13.1. The van der Waals surface area contributed by atoms with E-state index in [0.717, 1.165) is 16.9 Å². The van der Waals surface area contributed by atoms with Crippen LogP contribution < -0.4 is 15.2 Å². The maximum absolute atomic E-state index is 13.1. The SMILES string of the molecule is COc1cccc(C(CN)Oc2ccc(F)cc2C)c1. The van der Waals surface area contributed by atoms with Crippen molar-refractivity contribution in [3.8, 4) is 11.5 Å². The molecule has 4 heteroatoms. The maximum Gasteiger partial charge on any atom is 0.136 e. The fraction of sp³-hybridized carbons (Fsp3) is 0.250. The van der Waals surface area contributed by atoms with Crippen LogP contribution >= 0.6 is 0 Å². The lowest BCUT2D eigenvalue weighted by atomic mass is 10.1. The summed E-state index contributed by atoms with van der Waals surface area (Å²) in [5, 5.41) is 0. The normalized spacial score (nSPS) is 12.0. The first-order valence-electron chi connectivity index (χ1n) is 6.41. The van der Waals surface area contributed by atoms with Gasteiger partial charge in [-0.1, -0.05) is 12.1 Å². The summed E-state index contributed by atoms with van der Waals surface area (Å²) in [5.74, 6) is 1.10. The fourth-order valence-corrected chi connectivity index (χ4v) is 1.99. The molecule has 0 aliphatic carbocycles. The minimum atomic E-state index is -0.297. The van der Waals surface area contributed by atoms with Crippen LogP contribution in [0.4, 0.5) is 4.39 Å². The average molecular weight is 275 g/mol. The van der Waals surface area contributed by atoms with Gasteiger partial charge in [0, 0.05) is 6.54 Å². The van der Waals surface area contributed by atoms with E-state index in [2.05, 4.69) is 0 Å². The summed E-state index contributed by atoms with van der Waals surface area (Å²) in [4.78, 5) is 0. The van der Waals surface area contributed by atoms with Gasteiger partial charge in [0.1, 0.15) is 23.4 Å². The third kappa shape index (κ3) is 3.27. The van der Waals surface area contributed by atoms with Crippen molar-refractivity contribution in [1.29, 1.82) is 0 Å². The highest BCUT2D eigenvalue weighted by atomic mass is 19.1. The number of benzene rings is 2. The number of halogens is 1. The zero-order chi connectivity index (χ0) is 14.5. The third-order valence-corrected chi connectivity index (χ3v) is 3.09. The zero-order valence-corrected chi connectivity index (χ0v) is 11.6. The van der Waals surface area contributed by atoms with Crippen LogP contribution in [0.1, 0.15) is 17.2 Å². The van der Waals surface area contributed by atoms with E-state index >= 15 is 0 Å². The molecule has 1 atom stereocenters. The highest BCUT2D eigenvalue weighted by Gasteiger charge is 2.14. The van der Waals surface area contributed by atoms with E-state index < -0.39 is 0 Å². The molecule has 2 rings (SSSR count). The Bertz CT molecular complexity index is 586. The molecule has 3 nitrogen and oxygen atoms in total. The highest BCUT2D eigenvalue weighted by Crippen LogP contribution is 2.26. The Morgan fingerprint density at radius 3 is 2.65 bits per heavy atom. The van der Waals surface area contributed by atoms with E-state index in [4.69, 9.17) is 15.2 Å². The van der Waals surface area contributed by atoms with Crippen molar-refractivity contribution in [3.05, 3.63) is 59.4 Å². The molecular weight excluding hydrogens is 257 g/mol. The molecule has 1 unspecified atom stereocenters. The van der Waals surface area contributed by atoms with Crippen LogP contribution in [0, 0.1) is 12.7 Å². The second kappa shape index (κ2) is 6.39. The van der Waals surface area contributed by atoms with Crippen LogP contribution in [0.5, 0.6) is 11.5 Å². The summed E-state index contributed by atoms with van der Waals surface area (Å²) in [6.45, 7) is 2.13. The molecule has 0 spiro atoms. The van der Waals surface area contributed by atoms with E-state index in [1.54, 1.807) is 20.1 Å². The van der Waals surface area contributed by atoms with Crippen molar-refractivity contribution in [2.45, 2.75) is 13.0 Å². The first-order chi connectivity index (χ1) is 9.63. The van der Waals surface area contributed by atoms with E-state index in [1.807, 2.05) is 24.3 Å². The molecule has 0 radical (unpaired) electrons. The molecule has 0 aliphatic rings. The molecule has 2 N–H and O–H groups in total. The Morgan fingerprint density at radius 2 is 2.00 bits per heavy atom. The molecule has 2 aromatic rings. The largest absolute Gasteiger partial charge is 0.497 e. The predicted molar refractivity (Wildman–Crippen MR) is 76.6 cm³/mol. The van der Waals surface area contributed by atoms with Gasteiger partial charge >= 0.3 is 0 Å².